The molecule has 0 radical (unpaired) electrons. The summed E-state index contributed by atoms with van der Waals surface area (Å²) in [6.07, 6.45) is 2.64. The van der Waals surface area contributed by atoms with Crippen molar-refractivity contribution in [3.63, 3.8) is 0 Å². The molecule has 90 valence electrons. The zero-order valence-corrected chi connectivity index (χ0v) is 11.9. The van der Waals surface area contributed by atoms with Gasteiger partial charge in [0.05, 0.1) is 11.0 Å². The first-order valence-corrected chi connectivity index (χ1v) is 6.98. The van der Waals surface area contributed by atoms with E-state index in [1.807, 2.05) is 17.6 Å². The Balaban J connectivity index is 2.23. The highest BCUT2D eigenvalue weighted by Crippen LogP contribution is 2.24. The minimum absolute atomic E-state index is 0.106. The highest BCUT2D eigenvalue weighted by Gasteiger charge is 2.14. The smallest absolute Gasteiger partial charge is 0.0944 e. The first-order valence-electron chi connectivity index (χ1n) is 5.31. The Kier molecular flexibility index (Phi) is 4.28. The van der Waals surface area contributed by atoms with E-state index in [1.54, 1.807) is 11.3 Å². The van der Waals surface area contributed by atoms with E-state index in [9.17, 15) is 0 Å². The van der Waals surface area contributed by atoms with Gasteiger partial charge in [-0.05, 0) is 30.2 Å². The van der Waals surface area contributed by atoms with E-state index in [0.29, 0.717) is 0 Å². The normalized spacial score (nSPS) is 12.6. The van der Waals surface area contributed by atoms with Crippen molar-refractivity contribution in [3.05, 3.63) is 50.4 Å². The maximum Gasteiger partial charge on any atom is 0.0944 e. The Morgan fingerprint density at radius 3 is 2.94 bits per heavy atom. The molecule has 0 saturated heterocycles. The van der Waals surface area contributed by atoms with Crippen molar-refractivity contribution in [2.24, 2.45) is 5.84 Å². The quantitative estimate of drug-likeness (QED) is 0.674. The van der Waals surface area contributed by atoms with Crippen molar-refractivity contribution in [1.82, 2.24) is 10.4 Å². The fraction of sp³-hybridized carbons (Fsp3) is 0.250. The van der Waals surface area contributed by atoms with E-state index in [0.717, 1.165) is 15.9 Å². The summed E-state index contributed by atoms with van der Waals surface area (Å²) in [5.41, 5.74) is 5.30. The third kappa shape index (κ3) is 3.13. The Morgan fingerprint density at radius 1 is 1.53 bits per heavy atom. The number of hydrogen-bond donors (Lipinski definition) is 2. The van der Waals surface area contributed by atoms with Crippen molar-refractivity contribution in [2.45, 2.75) is 19.4 Å². The molecule has 3 N–H and O–H groups in total. The summed E-state index contributed by atoms with van der Waals surface area (Å²) in [6, 6.07) is 6.34. The van der Waals surface area contributed by atoms with E-state index < -0.39 is 0 Å². The highest BCUT2D eigenvalue weighted by atomic mass is 79.9. The molecule has 0 fully saturated rings. The van der Waals surface area contributed by atoms with E-state index >= 15 is 0 Å². The number of nitrogens with zero attached hydrogens (tertiary/aromatic N) is 1. The molecule has 1 heterocycles. The minimum atomic E-state index is 0.106. The van der Waals surface area contributed by atoms with Gasteiger partial charge in [-0.2, -0.15) is 0 Å². The SMILES string of the molecule is Cc1cc(Br)ccc1C(Cc1nccs1)NN. The lowest BCUT2D eigenvalue weighted by atomic mass is 10.00. The van der Waals surface area contributed by atoms with Gasteiger partial charge in [-0.3, -0.25) is 11.3 Å². The van der Waals surface area contributed by atoms with Crippen LogP contribution in [0.25, 0.3) is 0 Å². The lowest BCUT2D eigenvalue weighted by Crippen LogP contribution is -2.30. The Bertz CT molecular complexity index is 485. The molecule has 17 heavy (non-hydrogen) atoms. The molecule has 0 aliphatic heterocycles. The number of nitrogens with two attached hydrogens (primary N) is 1. The summed E-state index contributed by atoms with van der Waals surface area (Å²) in [4.78, 5) is 4.29. The van der Waals surface area contributed by atoms with Crippen molar-refractivity contribution in [1.29, 1.82) is 0 Å². The molecule has 1 atom stereocenters. The maximum atomic E-state index is 5.64. The molecule has 0 aliphatic carbocycles. The second-order valence-corrected chi connectivity index (χ2v) is 5.74. The van der Waals surface area contributed by atoms with Crippen LogP contribution in [0, 0.1) is 6.92 Å². The lowest BCUT2D eigenvalue weighted by Gasteiger charge is -2.17. The predicted octanol–water partition coefficient (Wildman–Crippen LogP) is 2.96. The zero-order chi connectivity index (χ0) is 12.3. The fourth-order valence-electron chi connectivity index (χ4n) is 1.82. The average molecular weight is 312 g/mol. The summed E-state index contributed by atoms with van der Waals surface area (Å²) in [5.74, 6) is 5.64. The Labute approximate surface area is 113 Å². The number of benzene rings is 1. The van der Waals surface area contributed by atoms with Crippen LogP contribution in [-0.2, 0) is 6.42 Å². The molecule has 5 heteroatoms. The number of aryl methyl sites for hydroxylation is 1. The standard InChI is InChI=1S/C12H14BrN3S/c1-8-6-9(13)2-3-10(8)11(16-14)7-12-15-4-5-17-12/h2-6,11,16H,7,14H2,1H3. The zero-order valence-electron chi connectivity index (χ0n) is 9.48. The summed E-state index contributed by atoms with van der Waals surface area (Å²) < 4.78 is 1.09. The Hall–Kier alpha value is -0.750. The number of rotatable bonds is 4. The fourth-order valence-corrected chi connectivity index (χ4v) is 2.96. The third-order valence-corrected chi connectivity index (χ3v) is 3.97. The van der Waals surface area contributed by atoms with Gasteiger partial charge in [0, 0.05) is 22.5 Å². The van der Waals surface area contributed by atoms with Gasteiger partial charge in [0.25, 0.3) is 0 Å². The van der Waals surface area contributed by atoms with Crippen molar-refractivity contribution < 1.29 is 0 Å². The summed E-state index contributed by atoms with van der Waals surface area (Å²) in [5, 5.41) is 3.08. The summed E-state index contributed by atoms with van der Waals surface area (Å²) in [7, 11) is 0. The van der Waals surface area contributed by atoms with Crippen molar-refractivity contribution in [3.8, 4) is 0 Å². The summed E-state index contributed by atoms with van der Waals surface area (Å²) >= 11 is 5.12. The van der Waals surface area contributed by atoms with Gasteiger partial charge >= 0.3 is 0 Å². The number of halogens is 1. The van der Waals surface area contributed by atoms with Gasteiger partial charge in [0.1, 0.15) is 0 Å². The predicted molar refractivity (Wildman–Crippen MR) is 74.8 cm³/mol. The van der Waals surface area contributed by atoms with Gasteiger partial charge in [-0.1, -0.05) is 22.0 Å². The monoisotopic (exact) mass is 311 g/mol. The van der Waals surface area contributed by atoms with Crippen LogP contribution >= 0.6 is 27.3 Å². The van der Waals surface area contributed by atoms with Crippen LogP contribution in [0.15, 0.2) is 34.2 Å². The van der Waals surface area contributed by atoms with Crippen LogP contribution in [0.1, 0.15) is 22.2 Å². The highest BCUT2D eigenvalue weighted by molar-refractivity contribution is 9.10. The maximum absolute atomic E-state index is 5.64. The third-order valence-electron chi connectivity index (χ3n) is 2.67. The number of thiazole rings is 1. The number of aromatic nitrogens is 1. The second-order valence-electron chi connectivity index (χ2n) is 3.85. The molecule has 1 aromatic carbocycles. The van der Waals surface area contributed by atoms with Crippen LogP contribution < -0.4 is 11.3 Å². The van der Waals surface area contributed by atoms with E-state index in [1.165, 1.54) is 11.1 Å². The first-order chi connectivity index (χ1) is 8.20. The summed E-state index contributed by atoms with van der Waals surface area (Å²) in [6.45, 7) is 2.09. The van der Waals surface area contributed by atoms with Crippen LogP contribution in [0.3, 0.4) is 0 Å². The average Bonchev–Trinajstić information content (AvgIpc) is 2.79. The van der Waals surface area contributed by atoms with E-state index in [4.69, 9.17) is 5.84 Å². The van der Waals surface area contributed by atoms with E-state index in [-0.39, 0.29) is 6.04 Å². The Morgan fingerprint density at radius 2 is 2.35 bits per heavy atom. The largest absolute Gasteiger partial charge is 0.271 e. The van der Waals surface area contributed by atoms with E-state index in [2.05, 4.69) is 45.4 Å². The molecule has 0 amide bonds. The molecule has 0 bridgehead atoms. The molecule has 3 nitrogen and oxygen atoms in total. The minimum Gasteiger partial charge on any atom is -0.271 e. The number of hydrazine groups is 1. The second kappa shape index (κ2) is 5.73. The van der Waals surface area contributed by atoms with Gasteiger partial charge in [0.15, 0.2) is 0 Å². The molecular formula is C12H14BrN3S. The molecule has 1 aromatic heterocycles. The van der Waals surface area contributed by atoms with Crippen LogP contribution in [0.4, 0.5) is 0 Å². The van der Waals surface area contributed by atoms with Gasteiger partial charge in [-0.15, -0.1) is 11.3 Å². The van der Waals surface area contributed by atoms with Crippen molar-refractivity contribution in [2.75, 3.05) is 0 Å². The van der Waals surface area contributed by atoms with Gasteiger partial charge in [-0.25, -0.2) is 4.98 Å². The molecular weight excluding hydrogens is 298 g/mol. The van der Waals surface area contributed by atoms with Gasteiger partial charge in [0.2, 0.25) is 0 Å². The van der Waals surface area contributed by atoms with Crippen LogP contribution in [0.2, 0.25) is 0 Å². The number of nitrogens with one attached hydrogen (secondary N) is 1. The molecule has 2 aromatic rings. The molecule has 0 spiro atoms. The van der Waals surface area contributed by atoms with Gasteiger partial charge < -0.3 is 0 Å². The van der Waals surface area contributed by atoms with Crippen LogP contribution in [0.5, 0.6) is 0 Å². The molecule has 0 aliphatic rings. The first kappa shape index (κ1) is 12.7. The topological polar surface area (TPSA) is 50.9 Å². The molecule has 0 saturated carbocycles. The molecule has 2 rings (SSSR count). The molecule has 1 unspecified atom stereocenters. The van der Waals surface area contributed by atoms with Crippen LogP contribution in [-0.4, -0.2) is 4.98 Å². The van der Waals surface area contributed by atoms with Crippen molar-refractivity contribution >= 4 is 27.3 Å². The lowest BCUT2D eigenvalue weighted by molar-refractivity contribution is 0.548. The number of hydrogen-bond acceptors (Lipinski definition) is 4.